The highest BCUT2D eigenvalue weighted by Gasteiger charge is 2.02. The zero-order chi connectivity index (χ0) is 15.6. The summed E-state index contributed by atoms with van der Waals surface area (Å²) in [6, 6.07) is 7.81. The molecule has 0 radical (unpaired) electrons. The summed E-state index contributed by atoms with van der Waals surface area (Å²) >= 11 is 0. The second-order valence-electron chi connectivity index (χ2n) is 4.68. The number of rotatable bonds is 4. The largest absolute Gasteiger partial charge is 0.247 e. The van der Waals surface area contributed by atoms with E-state index in [2.05, 4.69) is 33.6 Å². The average molecular weight is 284 g/mol. The van der Waals surface area contributed by atoms with Gasteiger partial charge in [0.25, 0.3) is 0 Å². The molecule has 0 amide bonds. The van der Waals surface area contributed by atoms with E-state index < -0.39 is 0 Å². The van der Waals surface area contributed by atoms with E-state index in [1.165, 1.54) is 0 Å². The van der Waals surface area contributed by atoms with Gasteiger partial charge in [0.05, 0.1) is 0 Å². The van der Waals surface area contributed by atoms with Crippen LogP contribution in [0.4, 0.5) is 0 Å². The minimum absolute atomic E-state index is 0.678. The summed E-state index contributed by atoms with van der Waals surface area (Å²) in [5, 5.41) is 0. The predicted molar refractivity (Wildman–Crippen MR) is 88.8 cm³/mol. The van der Waals surface area contributed by atoms with Gasteiger partial charge in [-0.25, -0.2) is 9.97 Å². The Bertz CT molecular complexity index is 714. The Labute approximate surface area is 132 Å². The molecule has 0 unspecified atom stereocenters. The fourth-order valence-corrected chi connectivity index (χ4v) is 2.04. The first-order valence-electron chi connectivity index (χ1n) is 7.12. The van der Waals surface area contributed by atoms with Crippen LogP contribution in [0.2, 0.25) is 0 Å². The van der Waals surface area contributed by atoms with Crippen molar-refractivity contribution in [2.45, 2.75) is 25.7 Å². The molecule has 2 rings (SSSR count). The van der Waals surface area contributed by atoms with Gasteiger partial charge >= 0.3 is 0 Å². The van der Waals surface area contributed by atoms with Gasteiger partial charge in [-0.3, -0.25) is 0 Å². The topological polar surface area (TPSA) is 25.8 Å². The molecular weight excluding hydrogens is 268 g/mol. The van der Waals surface area contributed by atoms with E-state index in [0.717, 1.165) is 35.4 Å². The van der Waals surface area contributed by atoms with Crippen LogP contribution in [0, 0.1) is 36.5 Å². The molecule has 0 saturated heterocycles. The molecular formula is C20H16N2. The molecule has 0 aromatic carbocycles. The van der Waals surface area contributed by atoms with Crippen LogP contribution in [-0.2, 0) is 12.8 Å². The molecule has 0 atom stereocenters. The van der Waals surface area contributed by atoms with Gasteiger partial charge in [-0.05, 0) is 47.9 Å². The van der Waals surface area contributed by atoms with E-state index in [1.807, 2.05) is 24.3 Å². The maximum atomic E-state index is 5.33. The van der Waals surface area contributed by atoms with Crippen LogP contribution < -0.4 is 0 Å². The van der Waals surface area contributed by atoms with Gasteiger partial charge in [0, 0.05) is 25.2 Å². The van der Waals surface area contributed by atoms with E-state index in [4.69, 9.17) is 12.8 Å². The normalized spacial score (nSPS) is 9.18. The second-order valence-corrected chi connectivity index (χ2v) is 4.68. The van der Waals surface area contributed by atoms with Crippen LogP contribution in [-0.4, -0.2) is 9.97 Å². The van der Waals surface area contributed by atoms with Crippen molar-refractivity contribution in [2.24, 2.45) is 0 Å². The molecule has 2 aromatic rings. The zero-order valence-corrected chi connectivity index (χ0v) is 12.3. The summed E-state index contributed by atoms with van der Waals surface area (Å²) in [6.07, 6.45) is 17.0. The lowest BCUT2D eigenvalue weighted by Gasteiger charge is -2.02. The summed E-state index contributed by atoms with van der Waals surface area (Å²) in [5.41, 5.74) is 3.64. The molecule has 0 fully saturated rings. The lowest BCUT2D eigenvalue weighted by molar-refractivity contribution is 0.999. The molecule has 0 aliphatic carbocycles. The molecule has 0 bridgehead atoms. The Kier molecular flexibility index (Phi) is 5.80. The molecule has 2 heterocycles. The fraction of sp³-hybridized carbons (Fsp3) is 0.200. The van der Waals surface area contributed by atoms with E-state index in [9.17, 15) is 0 Å². The summed E-state index contributed by atoms with van der Waals surface area (Å²) in [6.45, 7) is 0. The second kappa shape index (κ2) is 8.31. The highest BCUT2D eigenvalue weighted by atomic mass is 14.7. The molecule has 0 N–H and O–H groups in total. The molecule has 2 aromatic heterocycles. The van der Waals surface area contributed by atoms with Crippen LogP contribution in [0.5, 0.6) is 0 Å². The Hall–Kier alpha value is -3.02. The smallest absolute Gasteiger partial charge is 0.116 e. The van der Waals surface area contributed by atoms with Gasteiger partial charge in [0.2, 0.25) is 0 Å². The van der Waals surface area contributed by atoms with Gasteiger partial charge in [0.15, 0.2) is 0 Å². The number of aryl methyl sites for hydroxylation is 2. The van der Waals surface area contributed by atoms with Crippen LogP contribution >= 0.6 is 0 Å². The number of pyridine rings is 2. The molecule has 2 heteroatoms. The van der Waals surface area contributed by atoms with Crippen molar-refractivity contribution in [3.63, 3.8) is 0 Å². The summed E-state index contributed by atoms with van der Waals surface area (Å²) in [4.78, 5) is 8.67. The zero-order valence-electron chi connectivity index (χ0n) is 12.3. The minimum Gasteiger partial charge on any atom is -0.247 e. The molecule has 2 nitrogen and oxygen atoms in total. The molecule has 0 aliphatic rings. The quantitative estimate of drug-likeness (QED) is 0.807. The lowest BCUT2D eigenvalue weighted by atomic mass is 10.1. The molecule has 22 heavy (non-hydrogen) atoms. The molecule has 106 valence electrons. The number of aromatic nitrogens is 2. The predicted octanol–water partition coefficient (Wildman–Crippen LogP) is 3.01. The maximum Gasteiger partial charge on any atom is 0.116 e. The first kappa shape index (κ1) is 15.4. The third-order valence-corrected chi connectivity index (χ3v) is 3.16. The summed E-state index contributed by atoms with van der Waals surface area (Å²) in [7, 11) is 0. The number of hydrogen-bond acceptors (Lipinski definition) is 2. The third-order valence-electron chi connectivity index (χ3n) is 3.16. The Morgan fingerprint density at radius 2 is 1.23 bits per heavy atom. The van der Waals surface area contributed by atoms with Crippen molar-refractivity contribution in [1.29, 1.82) is 0 Å². The third kappa shape index (κ3) is 4.24. The lowest BCUT2D eigenvalue weighted by Crippen LogP contribution is -1.95. The van der Waals surface area contributed by atoms with Crippen molar-refractivity contribution < 1.29 is 0 Å². The summed E-state index contributed by atoms with van der Waals surface area (Å²) < 4.78 is 0. The first-order chi connectivity index (χ1) is 10.8. The molecule has 0 spiro atoms. The van der Waals surface area contributed by atoms with Gasteiger partial charge in [-0.1, -0.05) is 12.1 Å². The Balaban J connectivity index is 2.28. The van der Waals surface area contributed by atoms with Crippen LogP contribution in [0.3, 0.4) is 0 Å². The van der Waals surface area contributed by atoms with Crippen molar-refractivity contribution >= 4 is 0 Å². The highest BCUT2D eigenvalue weighted by molar-refractivity contribution is 5.43. The van der Waals surface area contributed by atoms with Crippen molar-refractivity contribution in [2.75, 3.05) is 0 Å². The van der Waals surface area contributed by atoms with Crippen molar-refractivity contribution in [3.8, 4) is 36.5 Å². The standard InChI is InChI=1S/C20H16N2/c1-3-5-9-17-11-7-15-21-19(17)13-14-20-18(10-6-4-2)12-8-16-22-20/h1-2,7-8,11-12,15-16H,5-6,9-10H2. The summed E-state index contributed by atoms with van der Waals surface area (Å²) in [5.74, 6) is 11.5. The van der Waals surface area contributed by atoms with Gasteiger partial charge in [-0.2, -0.15) is 0 Å². The highest BCUT2D eigenvalue weighted by Crippen LogP contribution is 2.09. The molecule has 0 saturated carbocycles. The van der Waals surface area contributed by atoms with Gasteiger partial charge < -0.3 is 0 Å². The van der Waals surface area contributed by atoms with Crippen LogP contribution in [0.25, 0.3) is 0 Å². The monoisotopic (exact) mass is 284 g/mol. The van der Waals surface area contributed by atoms with Crippen LogP contribution in [0.1, 0.15) is 35.4 Å². The van der Waals surface area contributed by atoms with Crippen molar-refractivity contribution in [3.05, 3.63) is 59.2 Å². The number of nitrogens with zero attached hydrogens (tertiary/aromatic N) is 2. The number of terminal acetylenes is 2. The Morgan fingerprint density at radius 3 is 1.64 bits per heavy atom. The minimum atomic E-state index is 0.678. The van der Waals surface area contributed by atoms with Crippen LogP contribution in [0.15, 0.2) is 36.7 Å². The van der Waals surface area contributed by atoms with Gasteiger partial charge in [0.1, 0.15) is 11.4 Å². The SMILES string of the molecule is C#CCCc1cccnc1C#Cc1ncccc1CCC#C. The van der Waals surface area contributed by atoms with E-state index in [0.29, 0.717) is 12.8 Å². The molecule has 0 aliphatic heterocycles. The average Bonchev–Trinajstić information content (AvgIpc) is 2.57. The van der Waals surface area contributed by atoms with Crippen molar-refractivity contribution in [1.82, 2.24) is 9.97 Å². The van der Waals surface area contributed by atoms with E-state index >= 15 is 0 Å². The first-order valence-corrected chi connectivity index (χ1v) is 7.12. The fourth-order valence-electron chi connectivity index (χ4n) is 2.04. The maximum absolute atomic E-state index is 5.33. The number of hydrogen-bond donors (Lipinski definition) is 0. The Morgan fingerprint density at radius 1 is 0.773 bits per heavy atom. The van der Waals surface area contributed by atoms with Gasteiger partial charge in [-0.15, -0.1) is 24.7 Å². The van der Waals surface area contributed by atoms with E-state index in [-0.39, 0.29) is 0 Å². The van der Waals surface area contributed by atoms with E-state index in [1.54, 1.807) is 12.4 Å².